The van der Waals surface area contributed by atoms with Crippen molar-refractivity contribution in [3.8, 4) is 0 Å². The van der Waals surface area contributed by atoms with Gasteiger partial charge in [-0.2, -0.15) is 0 Å². The highest BCUT2D eigenvalue weighted by molar-refractivity contribution is 5.78. The van der Waals surface area contributed by atoms with Gasteiger partial charge in [0, 0.05) is 19.6 Å². The Balaban J connectivity index is 2.28. The maximum Gasteiger partial charge on any atom is 0.305 e. The minimum absolute atomic E-state index is 0.0427. The van der Waals surface area contributed by atoms with Gasteiger partial charge in [0.05, 0.1) is 18.5 Å². The Kier molecular flexibility index (Phi) is 4.70. The number of carbonyl (C=O) groups is 2. The molecule has 1 aliphatic heterocycles. The SMILES string of the molecule is CCCNC(=O)CNC1(CC(=O)O)CNC1. The molecule has 1 amide bonds. The number of carboxylic acid groups (broad SMARTS) is 1. The number of hydrogen-bond donors (Lipinski definition) is 4. The van der Waals surface area contributed by atoms with Crippen molar-refractivity contribution < 1.29 is 14.7 Å². The molecule has 1 saturated heterocycles. The zero-order chi connectivity index (χ0) is 12.0. The molecule has 6 heteroatoms. The first kappa shape index (κ1) is 12.9. The van der Waals surface area contributed by atoms with Crippen LogP contribution in [0.15, 0.2) is 0 Å². The third-order valence-electron chi connectivity index (χ3n) is 2.61. The van der Waals surface area contributed by atoms with E-state index in [4.69, 9.17) is 5.11 Å². The number of nitrogens with one attached hydrogen (secondary N) is 3. The molecule has 0 saturated carbocycles. The fraction of sp³-hybridized carbons (Fsp3) is 0.800. The van der Waals surface area contributed by atoms with Crippen LogP contribution in [0, 0.1) is 0 Å². The summed E-state index contributed by atoms with van der Waals surface area (Å²) >= 11 is 0. The molecule has 0 radical (unpaired) electrons. The van der Waals surface area contributed by atoms with E-state index in [9.17, 15) is 9.59 Å². The van der Waals surface area contributed by atoms with Gasteiger partial charge in [-0.15, -0.1) is 0 Å². The normalized spacial score (nSPS) is 17.6. The summed E-state index contributed by atoms with van der Waals surface area (Å²) in [5.74, 6) is -0.929. The Morgan fingerprint density at radius 2 is 2.12 bits per heavy atom. The first-order chi connectivity index (χ1) is 7.58. The van der Waals surface area contributed by atoms with Crippen LogP contribution in [0.2, 0.25) is 0 Å². The van der Waals surface area contributed by atoms with Gasteiger partial charge in [-0.05, 0) is 6.42 Å². The summed E-state index contributed by atoms with van der Waals surface area (Å²) in [5, 5.41) is 17.5. The predicted octanol–water partition coefficient (Wildman–Crippen LogP) is -1.08. The van der Waals surface area contributed by atoms with Crippen molar-refractivity contribution in [1.29, 1.82) is 0 Å². The van der Waals surface area contributed by atoms with Crippen LogP contribution >= 0.6 is 0 Å². The fourth-order valence-corrected chi connectivity index (χ4v) is 1.62. The molecule has 1 aliphatic rings. The van der Waals surface area contributed by atoms with Crippen LogP contribution in [-0.4, -0.2) is 48.7 Å². The van der Waals surface area contributed by atoms with E-state index in [1.54, 1.807) is 0 Å². The van der Waals surface area contributed by atoms with Gasteiger partial charge >= 0.3 is 5.97 Å². The van der Waals surface area contributed by atoms with Gasteiger partial charge in [-0.1, -0.05) is 6.92 Å². The first-order valence-electron chi connectivity index (χ1n) is 5.52. The molecule has 16 heavy (non-hydrogen) atoms. The van der Waals surface area contributed by atoms with E-state index in [0.717, 1.165) is 6.42 Å². The lowest BCUT2D eigenvalue weighted by atomic mass is 9.88. The van der Waals surface area contributed by atoms with Gasteiger partial charge < -0.3 is 15.7 Å². The van der Waals surface area contributed by atoms with Gasteiger partial charge in [-0.3, -0.25) is 14.9 Å². The molecule has 0 spiro atoms. The lowest BCUT2D eigenvalue weighted by Crippen LogP contribution is -2.69. The molecular weight excluding hydrogens is 210 g/mol. The summed E-state index contributed by atoms with van der Waals surface area (Å²) in [6, 6.07) is 0. The van der Waals surface area contributed by atoms with Crippen molar-refractivity contribution >= 4 is 11.9 Å². The summed E-state index contributed by atoms with van der Waals surface area (Å²) in [4.78, 5) is 22.0. The summed E-state index contributed by atoms with van der Waals surface area (Å²) in [7, 11) is 0. The van der Waals surface area contributed by atoms with Crippen molar-refractivity contribution in [2.45, 2.75) is 25.3 Å². The summed E-state index contributed by atoms with van der Waals surface area (Å²) < 4.78 is 0. The van der Waals surface area contributed by atoms with Crippen molar-refractivity contribution in [2.75, 3.05) is 26.2 Å². The molecule has 1 fully saturated rings. The Bertz CT molecular complexity index is 264. The van der Waals surface area contributed by atoms with Crippen molar-refractivity contribution in [3.63, 3.8) is 0 Å². The number of amides is 1. The number of rotatable bonds is 7. The molecule has 0 aliphatic carbocycles. The maximum absolute atomic E-state index is 11.3. The Labute approximate surface area is 94.8 Å². The van der Waals surface area contributed by atoms with E-state index in [0.29, 0.717) is 19.6 Å². The maximum atomic E-state index is 11.3. The fourth-order valence-electron chi connectivity index (χ4n) is 1.62. The summed E-state index contributed by atoms with van der Waals surface area (Å²) in [5.41, 5.74) is -0.449. The van der Waals surface area contributed by atoms with E-state index in [1.165, 1.54) is 0 Å². The van der Waals surface area contributed by atoms with Crippen molar-refractivity contribution in [2.24, 2.45) is 0 Å². The third kappa shape index (κ3) is 3.79. The molecule has 4 N–H and O–H groups in total. The summed E-state index contributed by atoms with van der Waals surface area (Å²) in [6.45, 7) is 4.01. The quantitative estimate of drug-likeness (QED) is 0.446. The lowest BCUT2D eigenvalue weighted by molar-refractivity contribution is -0.139. The van der Waals surface area contributed by atoms with Gasteiger partial charge in [0.1, 0.15) is 0 Å². The van der Waals surface area contributed by atoms with Gasteiger partial charge in [0.15, 0.2) is 0 Å². The lowest BCUT2D eigenvalue weighted by Gasteiger charge is -2.42. The van der Waals surface area contributed by atoms with Crippen molar-refractivity contribution in [1.82, 2.24) is 16.0 Å². The van der Waals surface area contributed by atoms with Crippen LogP contribution < -0.4 is 16.0 Å². The Morgan fingerprint density at radius 1 is 1.44 bits per heavy atom. The minimum atomic E-state index is -0.844. The molecule has 1 rings (SSSR count). The average Bonchev–Trinajstić information content (AvgIpc) is 2.18. The second-order valence-electron chi connectivity index (χ2n) is 4.16. The van der Waals surface area contributed by atoms with Crippen LogP contribution in [0.5, 0.6) is 0 Å². The van der Waals surface area contributed by atoms with Crippen LogP contribution in [0.1, 0.15) is 19.8 Å². The highest BCUT2D eigenvalue weighted by Gasteiger charge is 2.38. The molecule has 0 unspecified atom stereocenters. The Morgan fingerprint density at radius 3 is 2.56 bits per heavy atom. The zero-order valence-corrected chi connectivity index (χ0v) is 9.51. The van der Waals surface area contributed by atoms with E-state index < -0.39 is 11.5 Å². The van der Waals surface area contributed by atoms with E-state index in [2.05, 4.69) is 16.0 Å². The second kappa shape index (κ2) is 5.81. The molecule has 0 aromatic heterocycles. The smallest absolute Gasteiger partial charge is 0.305 e. The molecular formula is C10H19N3O3. The molecule has 0 bridgehead atoms. The largest absolute Gasteiger partial charge is 0.481 e. The zero-order valence-electron chi connectivity index (χ0n) is 9.51. The number of hydrogen-bond acceptors (Lipinski definition) is 4. The van der Waals surface area contributed by atoms with E-state index >= 15 is 0 Å². The summed E-state index contributed by atoms with van der Waals surface area (Å²) in [6.07, 6.45) is 0.939. The van der Waals surface area contributed by atoms with E-state index in [-0.39, 0.29) is 18.9 Å². The second-order valence-corrected chi connectivity index (χ2v) is 4.16. The number of aliphatic carboxylic acids is 1. The van der Waals surface area contributed by atoms with Gasteiger partial charge in [0.25, 0.3) is 0 Å². The monoisotopic (exact) mass is 229 g/mol. The van der Waals surface area contributed by atoms with Crippen LogP contribution in [0.3, 0.4) is 0 Å². The Hall–Kier alpha value is -1.14. The van der Waals surface area contributed by atoms with Gasteiger partial charge in [-0.25, -0.2) is 0 Å². The molecule has 1 heterocycles. The molecule has 92 valence electrons. The molecule has 0 atom stereocenters. The van der Waals surface area contributed by atoms with Crippen LogP contribution in [0.25, 0.3) is 0 Å². The minimum Gasteiger partial charge on any atom is -0.481 e. The predicted molar refractivity (Wildman–Crippen MR) is 59.2 cm³/mol. The molecule has 0 aromatic carbocycles. The van der Waals surface area contributed by atoms with Gasteiger partial charge in [0.2, 0.25) is 5.91 Å². The molecule has 0 aromatic rings. The average molecular weight is 229 g/mol. The van der Waals surface area contributed by atoms with Crippen LogP contribution in [0.4, 0.5) is 0 Å². The highest BCUT2D eigenvalue weighted by atomic mass is 16.4. The number of carboxylic acids is 1. The topological polar surface area (TPSA) is 90.5 Å². The van der Waals surface area contributed by atoms with Crippen molar-refractivity contribution in [3.05, 3.63) is 0 Å². The third-order valence-corrected chi connectivity index (χ3v) is 2.61. The van der Waals surface area contributed by atoms with E-state index in [1.807, 2.05) is 6.92 Å². The standard InChI is InChI=1S/C10H19N3O3/c1-2-3-12-8(14)5-13-10(4-9(15)16)6-11-7-10/h11,13H,2-7H2,1H3,(H,12,14)(H,15,16). The van der Waals surface area contributed by atoms with Crippen LogP contribution in [-0.2, 0) is 9.59 Å². The molecule has 6 nitrogen and oxygen atoms in total. The number of carbonyl (C=O) groups excluding carboxylic acids is 1. The first-order valence-corrected chi connectivity index (χ1v) is 5.52. The highest BCUT2D eigenvalue weighted by Crippen LogP contribution is 2.15.